The molecule has 1 fully saturated rings. The Morgan fingerprint density at radius 3 is 2.45 bits per heavy atom. The van der Waals surface area contributed by atoms with Crippen LogP contribution in [0.4, 0.5) is 0 Å². The molecular formula is C9H16N2. The first kappa shape index (κ1) is 8.39. The summed E-state index contributed by atoms with van der Waals surface area (Å²) < 4.78 is 0. The minimum absolute atomic E-state index is 0.554. The summed E-state index contributed by atoms with van der Waals surface area (Å²) in [6, 6.07) is 0.554. The Balaban J connectivity index is 2.38. The van der Waals surface area contributed by atoms with Crippen molar-refractivity contribution >= 4 is 0 Å². The Bertz CT molecular complexity index is 142. The molecule has 1 aliphatic rings. The van der Waals surface area contributed by atoms with E-state index >= 15 is 0 Å². The van der Waals surface area contributed by atoms with Gasteiger partial charge in [-0.05, 0) is 19.8 Å². The van der Waals surface area contributed by atoms with Crippen LogP contribution in [0.1, 0.15) is 39.0 Å². The standard InChI is InChI=1S/C9H16N2/c1-2-11(8-10)9-6-4-3-5-7-9/h9H,2-7H2,1H3. The van der Waals surface area contributed by atoms with E-state index in [0.29, 0.717) is 6.04 Å². The fraction of sp³-hybridized carbons (Fsp3) is 0.889. The van der Waals surface area contributed by atoms with Crippen molar-refractivity contribution < 1.29 is 0 Å². The Hall–Kier alpha value is -0.710. The first-order valence-corrected chi connectivity index (χ1v) is 4.55. The van der Waals surface area contributed by atoms with Gasteiger partial charge in [0.15, 0.2) is 6.19 Å². The summed E-state index contributed by atoms with van der Waals surface area (Å²) in [5, 5.41) is 8.75. The number of rotatable bonds is 2. The predicted molar refractivity (Wildman–Crippen MR) is 44.9 cm³/mol. The van der Waals surface area contributed by atoms with Crippen molar-refractivity contribution in [3.63, 3.8) is 0 Å². The van der Waals surface area contributed by atoms with Crippen molar-refractivity contribution in [2.75, 3.05) is 6.54 Å². The van der Waals surface area contributed by atoms with E-state index < -0.39 is 0 Å². The molecule has 0 atom stereocenters. The lowest BCUT2D eigenvalue weighted by Crippen LogP contribution is -2.32. The van der Waals surface area contributed by atoms with Gasteiger partial charge in [0.25, 0.3) is 0 Å². The molecule has 0 N–H and O–H groups in total. The highest BCUT2D eigenvalue weighted by atomic mass is 15.1. The molecule has 1 rings (SSSR count). The van der Waals surface area contributed by atoms with E-state index in [1.165, 1.54) is 32.1 Å². The molecule has 2 heteroatoms. The second kappa shape index (κ2) is 4.23. The second-order valence-electron chi connectivity index (χ2n) is 3.18. The predicted octanol–water partition coefficient (Wildman–Crippen LogP) is 2.12. The van der Waals surface area contributed by atoms with Gasteiger partial charge in [-0.1, -0.05) is 19.3 Å². The van der Waals surface area contributed by atoms with Crippen molar-refractivity contribution in [2.45, 2.75) is 45.1 Å². The largest absolute Gasteiger partial charge is 0.308 e. The van der Waals surface area contributed by atoms with Crippen LogP contribution in [0.3, 0.4) is 0 Å². The number of hydrogen-bond donors (Lipinski definition) is 0. The van der Waals surface area contributed by atoms with Crippen LogP contribution in [0.15, 0.2) is 0 Å². The summed E-state index contributed by atoms with van der Waals surface area (Å²) in [4.78, 5) is 1.92. The Labute approximate surface area is 68.8 Å². The monoisotopic (exact) mass is 152 g/mol. The fourth-order valence-corrected chi connectivity index (χ4v) is 1.80. The first-order valence-electron chi connectivity index (χ1n) is 4.55. The summed E-state index contributed by atoms with van der Waals surface area (Å²) in [6.07, 6.45) is 8.68. The maximum atomic E-state index is 8.75. The normalized spacial score (nSPS) is 19.3. The average Bonchev–Trinajstić information content (AvgIpc) is 2.09. The van der Waals surface area contributed by atoms with Crippen molar-refractivity contribution in [2.24, 2.45) is 0 Å². The fourth-order valence-electron chi connectivity index (χ4n) is 1.80. The van der Waals surface area contributed by atoms with Gasteiger partial charge in [-0.3, -0.25) is 0 Å². The zero-order chi connectivity index (χ0) is 8.10. The van der Waals surface area contributed by atoms with Gasteiger partial charge in [-0.15, -0.1) is 0 Å². The zero-order valence-corrected chi connectivity index (χ0v) is 7.21. The molecule has 0 aromatic heterocycles. The molecule has 1 saturated carbocycles. The summed E-state index contributed by atoms with van der Waals surface area (Å²) >= 11 is 0. The molecule has 0 radical (unpaired) electrons. The van der Waals surface area contributed by atoms with Gasteiger partial charge in [0.1, 0.15) is 0 Å². The van der Waals surface area contributed by atoms with Crippen molar-refractivity contribution in [1.82, 2.24) is 4.90 Å². The molecule has 0 aliphatic heterocycles. The molecule has 0 aromatic carbocycles. The molecule has 0 bridgehead atoms. The second-order valence-corrected chi connectivity index (χ2v) is 3.18. The summed E-state index contributed by atoms with van der Waals surface area (Å²) in [7, 11) is 0. The van der Waals surface area contributed by atoms with Crippen LogP contribution in [-0.4, -0.2) is 17.5 Å². The average molecular weight is 152 g/mol. The number of nitriles is 1. The quantitative estimate of drug-likeness (QED) is 0.447. The topological polar surface area (TPSA) is 27.0 Å². The molecule has 0 spiro atoms. The van der Waals surface area contributed by atoms with Gasteiger partial charge in [0.2, 0.25) is 0 Å². The van der Waals surface area contributed by atoms with Gasteiger partial charge in [-0.2, -0.15) is 5.26 Å². The van der Waals surface area contributed by atoms with E-state index in [-0.39, 0.29) is 0 Å². The number of nitrogens with zero attached hydrogens (tertiary/aromatic N) is 2. The van der Waals surface area contributed by atoms with Gasteiger partial charge in [0, 0.05) is 12.6 Å². The zero-order valence-electron chi connectivity index (χ0n) is 7.21. The smallest absolute Gasteiger partial charge is 0.179 e. The lowest BCUT2D eigenvalue weighted by molar-refractivity contribution is 0.236. The SMILES string of the molecule is CCN(C#N)C1CCCCC1. The van der Waals surface area contributed by atoms with Crippen LogP contribution in [-0.2, 0) is 0 Å². The van der Waals surface area contributed by atoms with Crippen LogP contribution < -0.4 is 0 Å². The highest BCUT2D eigenvalue weighted by Gasteiger charge is 2.17. The molecule has 62 valence electrons. The molecule has 11 heavy (non-hydrogen) atoms. The van der Waals surface area contributed by atoms with Crippen molar-refractivity contribution in [1.29, 1.82) is 5.26 Å². The minimum Gasteiger partial charge on any atom is -0.308 e. The Kier molecular flexibility index (Phi) is 3.22. The summed E-state index contributed by atoms with van der Waals surface area (Å²) in [5.74, 6) is 0. The van der Waals surface area contributed by atoms with Crippen molar-refractivity contribution in [3.05, 3.63) is 0 Å². The van der Waals surface area contributed by atoms with Crippen molar-refractivity contribution in [3.8, 4) is 6.19 Å². The van der Waals surface area contributed by atoms with Crippen LogP contribution in [0.5, 0.6) is 0 Å². The van der Waals surface area contributed by atoms with Crippen LogP contribution in [0.2, 0.25) is 0 Å². The van der Waals surface area contributed by atoms with E-state index in [0.717, 1.165) is 6.54 Å². The van der Waals surface area contributed by atoms with Gasteiger partial charge in [0.05, 0.1) is 0 Å². The van der Waals surface area contributed by atoms with Crippen LogP contribution in [0.25, 0.3) is 0 Å². The maximum absolute atomic E-state index is 8.75. The highest BCUT2D eigenvalue weighted by molar-refractivity contribution is 4.83. The van der Waals surface area contributed by atoms with E-state index in [4.69, 9.17) is 5.26 Å². The van der Waals surface area contributed by atoms with E-state index in [2.05, 4.69) is 13.1 Å². The molecule has 0 unspecified atom stereocenters. The van der Waals surface area contributed by atoms with Gasteiger partial charge < -0.3 is 4.90 Å². The summed E-state index contributed by atoms with van der Waals surface area (Å²) in [5.41, 5.74) is 0. The van der Waals surface area contributed by atoms with Crippen LogP contribution >= 0.6 is 0 Å². The van der Waals surface area contributed by atoms with Gasteiger partial charge >= 0.3 is 0 Å². The van der Waals surface area contributed by atoms with E-state index in [1.54, 1.807) is 0 Å². The molecule has 0 saturated heterocycles. The maximum Gasteiger partial charge on any atom is 0.179 e. The molecule has 1 aliphatic carbocycles. The lowest BCUT2D eigenvalue weighted by Gasteiger charge is -2.28. The Morgan fingerprint density at radius 1 is 1.36 bits per heavy atom. The molecule has 2 nitrogen and oxygen atoms in total. The third-order valence-electron chi connectivity index (χ3n) is 2.48. The van der Waals surface area contributed by atoms with E-state index in [9.17, 15) is 0 Å². The molecule has 0 aromatic rings. The molecular weight excluding hydrogens is 136 g/mol. The minimum atomic E-state index is 0.554. The third-order valence-corrected chi connectivity index (χ3v) is 2.48. The van der Waals surface area contributed by atoms with E-state index in [1.807, 2.05) is 4.90 Å². The molecule has 0 heterocycles. The third kappa shape index (κ3) is 2.11. The first-order chi connectivity index (χ1) is 5.38. The highest BCUT2D eigenvalue weighted by Crippen LogP contribution is 2.21. The van der Waals surface area contributed by atoms with Gasteiger partial charge in [-0.25, -0.2) is 0 Å². The Morgan fingerprint density at radius 2 is 2.00 bits per heavy atom. The van der Waals surface area contributed by atoms with Crippen LogP contribution in [0, 0.1) is 11.5 Å². The number of hydrogen-bond acceptors (Lipinski definition) is 2. The molecule has 0 amide bonds. The lowest BCUT2D eigenvalue weighted by atomic mass is 9.94. The summed E-state index contributed by atoms with van der Waals surface area (Å²) in [6.45, 7) is 2.93.